The Bertz CT molecular complexity index is 390. The van der Waals surface area contributed by atoms with Crippen molar-refractivity contribution in [2.45, 2.75) is 64.0 Å². The van der Waals surface area contributed by atoms with Crippen LogP contribution in [0.25, 0.3) is 0 Å². The van der Waals surface area contributed by atoms with Crippen molar-refractivity contribution in [3.8, 4) is 0 Å². The number of rotatable bonds is 4. The molecular weight excluding hydrogens is 234 g/mol. The van der Waals surface area contributed by atoms with Crippen molar-refractivity contribution in [3.05, 3.63) is 35.4 Å². The van der Waals surface area contributed by atoms with Crippen molar-refractivity contribution in [1.29, 1.82) is 0 Å². The number of nitrogens with two attached hydrogens (primary N) is 1. The molecule has 0 bridgehead atoms. The summed E-state index contributed by atoms with van der Waals surface area (Å²) in [5, 5.41) is 0. The highest BCUT2D eigenvalue weighted by molar-refractivity contribution is 5.25. The normalized spacial score (nSPS) is 25.5. The van der Waals surface area contributed by atoms with Crippen molar-refractivity contribution >= 4 is 0 Å². The van der Waals surface area contributed by atoms with Gasteiger partial charge in [0.1, 0.15) is 0 Å². The van der Waals surface area contributed by atoms with Crippen molar-refractivity contribution in [2.75, 3.05) is 6.61 Å². The van der Waals surface area contributed by atoms with Gasteiger partial charge in [-0.3, -0.25) is 0 Å². The molecule has 106 valence electrons. The molecule has 2 heteroatoms. The monoisotopic (exact) mass is 261 g/mol. The smallest absolute Gasteiger partial charge is 0.0807 e. The molecule has 0 amide bonds. The van der Waals surface area contributed by atoms with Crippen LogP contribution in [0, 0.1) is 0 Å². The number of hydrogen-bond donors (Lipinski definition) is 1. The van der Waals surface area contributed by atoms with Gasteiger partial charge in [-0.2, -0.15) is 0 Å². The lowest BCUT2D eigenvalue weighted by Crippen LogP contribution is -2.50. The molecule has 1 aliphatic heterocycles. The van der Waals surface area contributed by atoms with Gasteiger partial charge in [-0.25, -0.2) is 0 Å². The molecule has 2 unspecified atom stereocenters. The predicted molar refractivity (Wildman–Crippen MR) is 80.4 cm³/mol. The summed E-state index contributed by atoms with van der Waals surface area (Å²) < 4.78 is 5.94. The van der Waals surface area contributed by atoms with Gasteiger partial charge in [-0.15, -0.1) is 0 Å². The molecule has 19 heavy (non-hydrogen) atoms. The first-order chi connectivity index (χ1) is 9.01. The summed E-state index contributed by atoms with van der Waals surface area (Å²) in [4.78, 5) is 0. The van der Waals surface area contributed by atoms with Gasteiger partial charge in [0.05, 0.1) is 5.60 Å². The van der Waals surface area contributed by atoms with E-state index in [1.165, 1.54) is 24.0 Å². The number of ether oxygens (including phenoxy) is 1. The van der Waals surface area contributed by atoms with E-state index < -0.39 is 0 Å². The van der Waals surface area contributed by atoms with Gasteiger partial charge >= 0.3 is 0 Å². The minimum Gasteiger partial charge on any atom is -0.374 e. The maximum absolute atomic E-state index is 6.39. The van der Waals surface area contributed by atoms with E-state index in [-0.39, 0.29) is 11.6 Å². The average molecular weight is 261 g/mol. The van der Waals surface area contributed by atoms with Gasteiger partial charge in [0, 0.05) is 12.6 Å². The van der Waals surface area contributed by atoms with Crippen LogP contribution in [0.1, 0.15) is 57.1 Å². The molecule has 0 aliphatic carbocycles. The van der Waals surface area contributed by atoms with Crippen LogP contribution in [0.2, 0.25) is 0 Å². The average Bonchev–Trinajstić information content (AvgIpc) is 2.40. The molecular formula is C17H27NO. The van der Waals surface area contributed by atoms with E-state index in [4.69, 9.17) is 10.5 Å². The molecule has 0 radical (unpaired) electrons. The third-order valence-electron chi connectivity index (χ3n) is 4.39. The Morgan fingerprint density at radius 3 is 2.42 bits per heavy atom. The van der Waals surface area contributed by atoms with Crippen molar-refractivity contribution in [2.24, 2.45) is 5.73 Å². The number of benzene rings is 1. The molecule has 1 saturated heterocycles. The minimum absolute atomic E-state index is 0.0812. The van der Waals surface area contributed by atoms with Crippen molar-refractivity contribution < 1.29 is 4.74 Å². The van der Waals surface area contributed by atoms with Crippen LogP contribution < -0.4 is 5.73 Å². The summed E-state index contributed by atoms with van der Waals surface area (Å²) in [6, 6.07) is 8.94. The fourth-order valence-corrected chi connectivity index (χ4v) is 2.76. The summed E-state index contributed by atoms with van der Waals surface area (Å²) in [5.41, 5.74) is 8.94. The topological polar surface area (TPSA) is 35.2 Å². The first kappa shape index (κ1) is 14.5. The molecule has 0 spiro atoms. The first-order valence-corrected chi connectivity index (χ1v) is 7.49. The van der Waals surface area contributed by atoms with E-state index in [0.717, 1.165) is 19.4 Å². The van der Waals surface area contributed by atoms with Crippen LogP contribution >= 0.6 is 0 Å². The van der Waals surface area contributed by atoms with Gasteiger partial charge in [-0.05, 0) is 49.7 Å². The molecule has 1 aromatic carbocycles. The lowest BCUT2D eigenvalue weighted by molar-refractivity contribution is -0.0808. The van der Waals surface area contributed by atoms with Crippen LogP contribution in [0.5, 0.6) is 0 Å². The first-order valence-electron chi connectivity index (χ1n) is 7.49. The zero-order chi connectivity index (χ0) is 13.9. The lowest BCUT2D eigenvalue weighted by atomic mass is 9.85. The van der Waals surface area contributed by atoms with Crippen LogP contribution in [0.3, 0.4) is 0 Å². The van der Waals surface area contributed by atoms with Gasteiger partial charge in [-0.1, -0.05) is 38.1 Å². The maximum Gasteiger partial charge on any atom is 0.0807 e. The standard InChI is InChI=1S/C17H27NO/c1-13(2)15-8-6-14(7-9-15)12-16(18)17(3)10-4-5-11-19-17/h6-9,13,16H,4-5,10-12,18H2,1-3H3. The Morgan fingerprint density at radius 2 is 1.89 bits per heavy atom. The summed E-state index contributed by atoms with van der Waals surface area (Å²) in [7, 11) is 0. The fourth-order valence-electron chi connectivity index (χ4n) is 2.76. The predicted octanol–water partition coefficient (Wildman–Crippen LogP) is 3.64. The second-order valence-electron chi connectivity index (χ2n) is 6.33. The van der Waals surface area contributed by atoms with E-state index >= 15 is 0 Å². The van der Waals surface area contributed by atoms with E-state index in [2.05, 4.69) is 45.0 Å². The van der Waals surface area contributed by atoms with Crippen LogP contribution in [-0.4, -0.2) is 18.2 Å². The van der Waals surface area contributed by atoms with Crippen molar-refractivity contribution in [3.63, 3.8) is 0 Å². The summed E-state index contributed by atoms with van der Waals surface area (Å²) in [6.07, 6.45) is 4.38. The van der Waals surface area contributed by atoms with E-state index in [0.29, 0.717) is 5.92 Å². The molecule has 2 nitrogen and oxygen atoms in total. The summed E-state index contributed by atoms with van der Waals surface area (Å²) in [5.74, 6) is 0.585. The lowest BCUT2D eigenvalue weighted by Gasteiger charge is -2.39. The second-order valence-corrected chi connectivity index (χ2v) is 6.33. The minimum atomic E-state index is -0.144. The third-order valence-corrected chi connectivity index (χ3v) is 4.39. The Hall–Kier alpha value is -0.860. The van der Waals surface area contributed by atoms with Crippen LogP contribution in [-0.2, 0) is 11.2 Å². The second kappa shape index (κ2) is 6.06. The van der Waals surface area contributed by atoms with E-state index in [9.17, 15) is 0 Å². The maximum atomic E-state index is 6.39. The molecule has 2 atom stereocenters. The van der Waals surface area contributed by atoms with Gasteiger partial charge in [0.15, 0.2) is 0 Å². The van der Waals surface area contributed by atoms with E-state index in [1.54, 1.807) is 0 Å². The van der Waals surface area contributed by atoms with E-state index in [1.807, 2.05) is 0 Å². The highest BCUT2D eigenvalue weighted by Gasteiger charge is 2.34. The Balaban J connectivity index is 1.99. The molecule has 1 aromatic rings. The van der Waals surface area contributed by atoms with Crippen LogP contribution in [0.4, 0.5) is 0 Å². The molecule has 1 aliphatic rings. The molecule has 2 N–H and O–H groups in total. The zero-order valence-electron chi connectivity index (χ0n) is 12.5. The van der Waals surface area contributed by atoms with Gasteiger partial charge in [0.2, 0.25) is 0 Å². The van der Waals surface area contributed by atoms with Gasteiger partial charge < -0.3 is 10.5 Å². The SMILES string of the molecule is CC(C)c1ccc(CC(N)C2(C)CCCCO2)cc1. The zero-order valence-corrected chi connectivity index (χ0v) is 12.5. The third kappa shape index (κ3) is 3.58. The molecule has 1 fully saturated rings. The fraction of sp³-hybridized carbons (Fsp3) is 0.647. The number of hydrogen-bond acceptors (Lipinski definition) is 2. The molecule has 0 aromatic heterocycles. The summed E-state index contributed by atoms with van der Waals surface area (Å²) in [6.45, 7) is 7.46. The Morgan fingerprint density at radius 1 is 1.21 bits per heavy atom. The Kier molecular flexibility index (Phi) is 4.64. The molecule has 2 rings (SSSR count). The Labute approximate surface area is 117 Å². The van der Waals surface area contributed by atoms with Crippen molar-refractivity contribution in [1.82, 2.24) is 0 Å². The largest absolute Gasteiger partial charge is 0.374 e. The summed E-state index contributed by atoms with van der Waals surface area (Å²) >= 11 is 0. The molecule has 0 saturated carbocycles. The highest BCUT2D eigenvalue weighted by Crippen LogP contribution is 2.28. The molecule has 1 heterocycles. The van der Waals surface area contributed by atoms with Gasteiger partial charge in [0.25, 0.3) is 0 Å². The van der Waals surface area contributed by atoms with Crippen LogP contribution in [0.15, 0.2) is 24.3 Å². The highest BCUT2D eigenvalue weighted by atomic mass is 16.5. The quantitative estimate of drug-likeness (QED) is 0.898.